The van der Waals surface area contributed by atoms with Crippen molar-refractivity contribution in [2.24, 2.45) is 23.5 Å². The van der Waals surface area contributed by atoms with Gasteiger partial charge in [-0.2, -0.15) is 0 Å². The molecule has 0 aliphatic heterocycles. The summed E-state index contributed by atoms with van der Waals surface area (Å²) in [6.45, 7) is 0.934. The predicted octanol–water partition coefficient (Wildman–Crippen LogP) is 2.16. The van der Waals surface area contributed by atoms with Gasteiger partial charge in [0.2, 0.25) is 0 Å². The van der Waals surface area contributed by atoms with Crippen LogP contribution in [0.3, 0.4) is 0 Å². The van der Waals surface area contributed by atoms with E-state index >= 15 is 0 Å². The molecular formula is C10H19N. The van der Waals surface area contributed by atoms with Crippen LogP contribution in [0.25, 0.3) is 0 Å². The number of hydrogen-bond acceptors (Lipinski definition) is 1. The average molecular weight is 153 g/mol. The van der Waals surface area contributed by atoms with Gasteiger partial charge in [-0.05, 0) is 43.6 Å². The molecule has 11 heavy (non-hydrogen) atoms. The Kier molecular flexibility index (Phi) is 2.17. The molecule has 0 saturated heterocycles. The second-order valence-corrected chi connectivity index (χ2v) is 4.37. The zero-order chi connectivity index (χ0) is 7.68. The third kappa shape index (κ3) is 1.44. The molecule has 0 heterocycles. The number of hydrogen-bond donors (Lipinski definition) is 1. The average Bonchev–Trinajstić information content (AvgIpc) is 2.50. The van der Waals surface area contributed by atoms with Gasteiger partial charge in [-0.15, -0.1) is 0 Å². The van der Waals surface area contributed by atoms with Gasteiger partial charge in [-0.1, -0.05) is 19.3 Å². The standard InChI is InChI=1S/C10H19N/c11-7-8-4-5-9-2-1-3-10(9)6-8/h8-10H,1-7,11H2. The maximum Gasteiger partial charge on any atom is -0.00488 e. The number of fused-ring (bicyclic) bond motifs is 1. The zero-order valence-electron chi connectivity index (χ0n) is 7.26. The highest BCUT2D eigenvalue weighted by Gasteiger charge is 2.32. The van der Waals surface area contributed by atoms with E-state index in [-0.39, 0.29) is 0 Å². The molecule has 0 aromatic rings. The van der Waals surface area contributed by atoms with E-state index in [0.29, 0.717) is 0 Å². The van der Waals surface area contributed by atoms with Crippen LogP contribution in [0.4, 0.5) is 0 Å². The van der Waals surface area contributed by atoms with Crippen LogP contribution in [-0.2, 0) is 0 Å². The molecule has 3 atom stereocenters. The Bertz CT molecular complexity index is 133. The molecule has 2 saturated carbocycles. The molecule has 2 rings (SSSR count). The van der Waals surface area contributed by atoms with Crippen LogP contribution in [0.15, 0.2) is 0 Å². The quantitative estimate of drug-likeness (QED) is 0.614. The molecule has 0 radical (unpaired) electrons. The Morgan fingerprint density at radius 2 is 1.82 bits per heavy atom. The summed E-state index contributed by atoms with van der Waals surface area (Å²) < 4.78 is 0. The minimum atomic E-state index is 0.870. The van der Waals surface area contributed by atoms with Crippen LogP contribution in [0.1, 0.15) is 38.5 Å². The molecule has 2 aliphatic rings. The van der Waals surface area contributed by atoms with Gasteiger partial charge in [0.15, 0.2) is 0 Å². The molecule has 1 heteroatoms. The van der Waals surface area contributed by atoms with Crippen LogP contribution >= 0.6 is 0 Å². The first kappa shape index (κ1) is 7.60. The molecule has 0 aromatic carbocycles. The lowest BCUT2D eigenvalue weighted by Gasteiger charge is -2.30. The first-order valence-corrected chi connectivity index (χ1v) is 5.10. The molecule has 2 fully saturated rings. The zero-order valence-corrected chi connectivity index (χ0v) is 7.26. The van der Waals surface area contributed by atoms with Crippen LogP contribution in [0, 0.1) is 17.8 Å². The molecule has 2 aliphatic carbocycles. The summed E-state index contributed by atoms with van der Waals surface area (Å²) in [4.78, 5) is 0. The summed E-state index contributed by atoms with van der Waals surface area (Å²) in [7, 11) is 0. The van der Waals surface area contributed by atoms with E-state index in [1.54, 1.807) is 0 Å². The fourth-order valence-electron chi connectivity index (χ4n) is 3.01. The van der Waals surface area contributed by atoms with E-state index in [2.05, 4.69) is 0 Å². The minimum Gasteiger partial charge on any atom is -0.330 e. The van der Waals surface area contributed by atoms with Crippen LogP contribution in [0.2, 0.25) is 0 Å². The summed E-state index contributed by atoms with van der Waals surface area (Å²) in [5.41, 5.74) is 5.69. The third-order valence-electron chi connectivity index (χ3n) is 3.73. The van der Waals surface area contributed by atoms with E-state index < -0.39 is 0 Å². The van der Waals surface area contributed by atoms with Crippen molar-refractivity contribution in [3.63, 3.8) is 0 Å². The first-order chi connectivity index (χ1) is 5.40. The van der Waals surface area contributed by atoms with Gasteiger partial charge in [-0.25, -0.2) is 0 Å². The van der Waals surface area contributed by atoms with Gasteiger partial charge < -0.3 is 5.73 Å². The van der Waals surface area contributed by atoms with Crippen molar-refractivity contribution < 1.29 is 0 Å². The molecule has 2 N–H and O–H groups in total. The Balaban J connectivity index is 1.91. The van der Waals surface area contributed by atoms with E-state index in [9.17, 15) is 0 Å². The Morgan fingerprint density at radius 3 is 2.64 bits per heavy atom. The molecule has 3 unspecified atom stereocenters. The lowest BCUT2D eigenvalue weighted by molar-refractivity contribution is 0.213. The molecule has 0 amide bonds. The van der Waals surface area contributed by atoms with Gasteiger partial charge in [0.25, 0.3) is 0 Å². The SMILES string of the molecule is NCC1CCC2CCCC2C1. The van der Waals surface area contributed by atoms with Crippen molar-refractivity contribution in [2.45, 2.75) is 38.5 Å². The minimum absolute atomic E-state index is 0.870. The topological polar surface area (TPSA) is 26.0 Å². The first-order valence-electron chi connectivity index (χ1n) is 5.10. The number of nitrogens with two attached hydrogens (primary N) is 1. The highest BCUT2D eigenvalue weighted by molar-refractivity contribution is 4.84. The van der Waals surface area contributed by atoms with Crippen LogP contribution in [-0.4, -0.2) is 6.54 Å². The fourth-order valence-corrected chi connectivity index (χ4v) is 3.01. The summed E-state index contributed by atoms with van der Waals surface area (Å²) >= 11 is 0. The van der Waals surface area contributed by atoms with Crippen molar-refractivity contribution in [3.8, 4) is 0 Å². The summed E-state index contributed by atoms with van der Waals surface area (Å²) in [5, 5.41) is 0. The Morgan fingerprint density at radius 1 is 1.00 bits per heavy atom. The molecule has 64 valence electrons. The van der Waals surface area contributed by atoms with Crippen molar-refractivity contribution in [1.29, 1.82) is 0 Å². The highest BCUT2D eigenvalue weighted by atomic mass is 14.6. The Hall–Kier alpha value is -0.0400. The molecule has 0 spiro atoms. The summed E-state index contributed by atoms with van der Waals surface area (Å²) in [5.74, 6) is 3.03. The maximum atomic E-state index is 5.69. The van der Waals surface area contributed by atoms with E-state index in [1.807, 2.05) is 0 Å². The van der Waals surface area contributed by atoms with Crippen molar-refractivity contribution >= 4 is 0 Å². The van der Waals surface area contributed by atoms with Crippen molar-refractivity contribution in [2.75, 3.05) is 6.54 Å². The molecule has 0 aromatic heterocycles. The molecular weight excluding hydrogens is 134 g/mol. The maximum absolute atomic E-state index is 5.69. The summed E-state index contributed by atoms with van der Waals surface area (Å²) in [6, 6.07) is 0. The molecule has 1 nitrogen and oxygen atoms in total. The lowest BCUT2D eigenvalue weighted by atomic mass is 9.76. The van der Waals surface area contributed by atoms with E-state index in [1.165, 1.54) is 38.5 Å². The predicted molar refractivity (Wildman–Crippen MR) is 47.2 cm³/mol. The van der Waals surface area contributed by atoms with Gasteiger partial charge in [-0.3, -0.25) is 0 Å². The highest BCUT2D eigenvalue weighted by Crippen LogP contribution is 2.43. The normalized spacial score (nSPS) is 43.9. The third-order valence-corrected chi connectivity index (χ3v) is 3.73. The molecule has 0 bridgehead atoms. The lowest BCUT2D eigenvalue weighted by Crippen LogP contribution is -2.25. The Labute approximate surface area is 69.4 Å². The second-order valence-electron chi connectivity index (χ2n) is 4.37. The van der Waals surface area contributed by atoms with Crippen LogP contribution < -0.4 is 5.73 Å². The summed E-state index contributed by atoms with van der Waals surface area (Å²) in [6.07, 6.45) is 8.85. The van der Waals surface area contributed by atoms with Gasteiger partial charge in [0.05, 0.1) is 0 Å². The fraction of sp³-hybridized carbons (Fsp3) is 1.00. The van der Waals surface area contributed by atoms with Gasteiger partial charge >= 0.3 is 0 Å². The monoisotopic (exact) mass is 153 g/mol. The van der Waals surface area contributed by atoms with Gasteiger partial charge in [0, 0.05) is 0 Å². The van der Waals surface area contributed by atoms with E-state index in [0.717, 1.165) is 24.3 Å². The van der Waals surface area contributed by atoms with Gasteiger partial charge in [0.1, 0.15) is 0 Å². The van der Waals surface area contributed by atoms with Crippen molar-refractivity contribution in [1.82, 2.24) is 0 Å². The number of rotatable bonds is 1. The second kappa shape index (κ2) is 3.14. The smallest absolute Gasteiger partial charge is 0.00488 e. The van der Waals surface area contributed by atoms with Crippen molar-refractivity contribution in [3.05, 3.63) is 0 Å². The van der Waals surface area contributed by atoms with E-state index in [4.69, 9.17) is 5.73 Å². The van der Waals surface area contributed by atoms with Crippen LogP contribution in [0.5, 0.6) is 0 Å². The largest absolute Gasteiger partial charge is 0.330 e.